The summed E-state index contributed by atoms with van der Waals surface area (Å²) in [6.45, 7) is 7.73. The summed E-state index contributed by atoms with van der Waals surface area (Å²) in [5, 5.41) is 0. The molecule has 0 saturated heterocycles. The van der Waals surface area contributed by atoms with Crippen LogP contribution in [0, 0.1) is 5.92 Å². The van der Waals surface area contributed by atoms with E-state index in [0.717, 1.165) is 10.0 Å². The molecule has 4 nitrogen and oxygen atoms in total. The molecule has 2 aromatic carbocycles. The van der Waals surface area contributed by atoms with Crippen molar-refractivity contribution in [3.63, 3.8) is 0 Å². The molecule has 0 unspecified atom stereocenters. The number of rotatable bonds is 8. The highest BCUT2D eigenvalue weighted by Gasteiger charge is 2.33. The summed E-state index contributed by atoms with van der Waals surface area (Å²) in [5.74, 6) is -1.44. The Hall–Kier alpha value is -2.66. The van der Waals surface area contributed by atoms with Gasteiger partial charge in [-0.1, -0.05) is 52.9 Å². The van der Waals surface area contributed by atoms with Crippen molar-refractivity contribution >= 4 is 27.7 Å². The van der Waals surface area contributed by atoms with Gasteiger partial charge in [0.15, 0.2) is 5.78 Å². The number of allylic oxidation sites excluding steroid dienone is 1. The molecule has 2 atom stereocenters. The van der Waals surface area contributed by atoms with Crippen molar-refractivity contribution in [2.75, 3.05) is 14.2 Å². The van der Waals surface area contributed by atoms with Gasteiger partial charge in [-0.05, 0) is 29.8 Å². The van der Waals surface area contributed by atoms with Crippen LogP contribution in [0.3, 0.4) is 0 Å². The van der Waals surface area contributed by atoms with Gasteiger partial charge in [-0.3, -0.25) is 4.79 Å². The fourth-order valence-electron chi connectivity index (χ4n) is 2.95. The predicted octanol–water partition coefficient (Wildman–Crippen LogP) is 4.96. The van der Waals surface area contributed by atoms with E-state index in [1.54, 1.807) is 49.6 Å². The summed E-state index contributed by atoms with van der Waals surface area (Å²) < 4.78 is 10.9. The third-order valence-corrected chi connectivity index (χ3v) is 4.79. The molecule has 0 saturated carbocycles. The van der Waals surface area contributed by atoms with Crippen LogP contribution < -0.4 is 4.74 Å². The molecule has 0 heterocycles. The molecular weight excluding hydrogens is 408 g/mol. The molecule has 0 aliphatic rings. The van der Waals surface area contributed by atoms with Crippen molar-refractivity contribution in [1.29, 1.82) is 0 Å². The highest BCUT2D eigenvalue weighted by atomic mass is 79.9. The third-order valence-electron chi connectivity index (χ3n) is 4.30. The molecule has 2 aromatic rings. The first-order chi connectivity index (χ1) is 12.9. The minimum absolute atomic E-state index is 0.163. The highest BCUT2D eigenvalue weighted by Crippen LogP contribution is 2.36. The van der Waals surface area contributed by atoms with E-state index in [0.29, 0.717) is 11.3 Å². The number of esters is 1. The molecule has 0 spiro atoms. The SMILES string of the molecule is C=C[C@H](C(=O)c1cccc(Br)c1)[C@@H](C(=C)C(=O)OC)c1cccc(OC)c1. The normalized spacial score (nSPS) is 12.6. The highest BCUT2D eigenvalue weighted by molar-refractivity contribution is 9.10. The van der Waals surface area contributed by atoms with Crippen LogP contribution in [0.2, 0.25) is 0 Å². The number of ketones is 1. The smallest absolute Gasteiger partial charge is 0.333 e. The van der Waals surface area contributed by atoms with Crippen LogP contribution in [0.4, 0.5) is 0 Å². The van der Waals surface area contributed by atoms with E-state index in [2.05, 4.69) is 29.1 Å². The molecule has 0 aromatic heterocycles. The second-order valence-corrected chi connectivity index (χ2v) is 6.82. The van der Waals surface area contributed by atoms with E-state index < -0.39 is 17.8 Å². The molecule has 2 rings (SSSR count). The van der Waals surface area contributed by atoms with E-state index in [9.17, 15) is 9.59 Å². The van der Waals surface area contributed by atoms with Gasteiger partial charge < -0.3 is 9.47 Å². The summed E-state index contributed by atoms with van der Waals surface area (Å²) in [6.07, 6.45) is 1.54. The fourth-order valence-corrected chi connectivity index (χ4v) is 3.35. The molecule has 0 amide bonds. The second-order valence-electron chi connectivity index (χ2n) is 5.91. The van der Waals surface area contributed by atoms with Crippen LogP contribution in [0.1, 0.15) is 21.8 Å². The minimum atomic E-state index is -0.696. The maximum atomic E-state index is 13.2. The van der Waals surface area contributed by atoms with Crippen molar-refractivity contribution in [1.82, 2.24) is 0 Å². The number of methoxy groups -OCH3 is 2. The van der Waals surface area contributed by atoms with Gasteiger partial charge in [0.1, 0.15) is 5.75 Å². The standard InChI is InChI=1S/C22H21BrO4/c1-5-19(21(24)16-9-6-10-17(23)12-16)20(14(2)22(25)27-4)15-8-7-11-18(13-15)26-3/h5-13,19-20H,1-2H2,3-4H3/t19-,20-/m0/s1. The third kappa shape index (κ3) is 4.74. The zero-order valence-corrected chi connectivity index (χ0v) is 16.9. The van der Waals surface area contributed by atoms with E-state index in [1.165, 1.54) is 7.11 Å². The molecule has 0 aliphatic heterocycles. The molecule has 140 valence electrons. The van der Waals surface area contributed by atoms with E-state index >= 15 is 0 Å². The van der Waals surface area contributed by atoms with Gasteiger partial charge in [-0.15, -0.1) is 6.58 Å². The number of carbonyl (C=O) groups is 2. The maximum Gasteiger partial charge on any atom is 0.333 e. The van der Waals surface area contributed by atoms with Gasteiger partial charge in [-0.25, -0.2) is 4.79 Å². The Morgan fingerprint density at radius 2 is 1.81 bits per heavy atom. The molecule has 0 radical (unpaired) electrons. The average molecular weight is 429 g/mol. The number of benzene rings is 2. The summed E-state index contributed by atoms with van der Waals surface area (Å²) in [7, 11) is 2.84. The second kappa shape index (κ2) is 9.33. The summed E-state index contributed by atoms with van der Waals surface area (Å²) in [5.41, 5.74) is 1.41. The van der Waals surface area contributed by atoms with Crippen LogP contribution in [0.5, 0.6) is 5.75 Å². The van der Waals surface area contributed by atoms with Crippen LogP contribution in [0.15, 0.2) is 77.8 Å². The largest absolute Gasteiger partial charge is 0.497 e. The molecule has 27 heavy (non-hydrogen) atoms. The lowest BCUT2D eigenvalue weighted by atomic mass is 9.77. The van der Waals surface area contributed by atoms with Crippen LogP contribution in [-0.2, 0) is 9.53 Å². The number of hydrogen-bond acceptors (Lipinski definition) is 4. The van der Waals surface area contributed by atoms with Gasteiger partial charge in [0.2, 0.25) is 0 Å². The monoisotopic (exact) mass is 428 g/mol. The lowest BCUT2D eigenvalue weighted by molar-refractivity contribution is -0.136. The number of ether oxygens (including phenoxy) is 2. The molecule has 0 fully saturated rings. The Labute approximate surface area is 167 Å². The van der Waals surface area contributed by atoms with Crippen molar-refractivity contribution in [2.24, 2.45) is 5.92 Å². The van der Waals surface area contributed by atoms with Gasteiger partial charge in [0.05, 0.1) is 20.1 Å². The number of Topliss-reactive ketones (excluding diaryl/α,β-unsaturated/α-hetero) is 1. The van der Waals surface area contributed by atoms with Gasteiger partial charge in [0.25, 0.3) is 0 Å². The van der Waals surface area contributed by atoms with E-state index in [4.69, 9.17) is 9.47 Å². The molecule has 0 aliphatic carbocycles. The van der Waals surface area contributed by atoms with Crippen molar-refractivity contribution in [3.8, 4) is 5.75 Å². The Morgan fingerprint density at radius 1 is 1.11 bits per heavy atom. The predicted molar refractivity (Wildman–Crippen MR) is 109 cm³/mol. The van der Waals surface area contributed by atoms with Crippen molar-refractivity contribution in [3.05, 3.63) is 88.9 Å². The zero-order valence-electron chi connectivity index (χ0n) is 15.3. The molecular formula is C22H21BrO4. The summed E-state index contributed by atoms with van der Waals surface area (Å²) >= 11 is 3.38. The van der Waals surface area contributed by atoms with Crippen LogP contribution >= 0.6 is 15.9 Å². The number of halogens is 1. The van der Waals surface area contributed by atoms with Crippen molar-refractivity contribution < 1.29 is 19.1 Å². The molecule has 0 N–H and O–H groups in total. The Kier molecular flexibility index (Phi) is 7.13. The van der Waals surface area contributed by atoms with Gasteiger partial charge in [0, 0.05) is 21.5 Å². The number of carbonyl (C=O) groups excluding carboxylic acids is 2. The fraction of sp³-hybridized carbons (Fsp3) is 0.182. The first kappa shape index (κ1) is 20.6. The van der Waals surface area contributed by atoms with Gasteiger partial charge >= 0.3 is 5.97 Å². The molecule has 5 heteroatoms. The van der Waals surface area contributed by atoms with Gasteiger partial charge in [-0.2, -0.15) is 0 Å². The van der Waals surface area contributed by atoms with Crippen LogP contribution in [-0.4, -0.2) is 26.0 Å². The average Bonchev–Trinajstić information content (AvgIpc) is 2.70. The Morgan fingerprint density at radius 3 is 2.41 bits per heavy atom. The first-order valence-corrected chi connectivity index (χ1v) is 9.05. The number of hydrogen-bond donors (Lipinski definition) is 0. The Bertz CT molecular complexity index is 872. The van der Waals surface area contributed by atoms with E-state index in [1.807, 2.05) is 12.1 Å². The van der Waals surface area contributed by atoms with E-state index in [-0.39, 0.29) is 11.4 Å². The topological polar surface area (TPSA) is 52.6 Å². The maximum absolute atomic E-state index is 13.2. The summed E-state index contributed by atoms with van der Waals surface area (Å²) in [4.78, 5) is 25.4. The van der Waals surface area contributed by atoms with Crippen LogP contribution in [0.25, 0.3) is 0 Å². The summed E-state index contributed by atoms with van der Waals surface area (Å²) in [6, 6.07) is 14.3. The van der Waals surface area contributed by atoms with Crippen molar-refractivity contribution in [2.45, 2.75) is 5.92 Å². The minimum Gasteiger partial charge on any atom is -0.497 e. The molecule has 0 bridgehead atoms. The quantitative estimate of drug-likeness (QED) is 0.258. The lowest BCUT2D eigenvalue weighted by Crippen LogP contribution is -2.25. The Balaban J connectivity index is 2.55. The lowest BCUT2D eigenvalue weighted by Gasteiger charge is -2.25. The zero-order chi connectivity index (χ0) is 20.0. The first-order valence-electron chi connectivity index (χ1n) is 8.26.